The van der Waals surface area contributed by atoms with Crippen molar-refractivity contribution in [3.63, 3.8) is 0 Å². The Morgan fingerprint density at radius 3 is 2.56 bits per heavy atom. The molecule has 3 aromatic rings. The van der Waals surface area contributed by atoms with Crippen molar-refractivity contribution < 1.29 is 14.9 Å². The summed E-state index contributed by atoms with van der Waals surface area (Å²) in [5, 5.41) is 22.5. The van der Waals surface area contributed by atoms with Crippen LogP contribution >= 0.6 is 35.0 Å². The summed E-state index contributed by atoms with van der Waals surface area (Å²) < 4.78 is 7.96. The first-order chi connectivity index (χ1) is 13.1. The van der Waals surface area contributed by atoms with Crippen LogP contribution < -0.4 is 0 Å². The highest BCUT2D eigenvalue weighted by molar-refractivity contribution is 7.98. The first-order valence-electron chi connectivity index (χ1n) is 8.68. The number of thioether (sulfide) groups is 1. The molecule has 7 heteroatoms. The fraction of sp³-hybridized carbons (Fsp3) is 0.300. The highest BCUT2D eigenvalue weighted by atomic mass is 35.5. The first kappa shape index (κ1) is 19.1. The number of hydrogen-bond acceptors (Lipinski definition) is 4. The molecule has 4 nitrogen and oxygen atoms in total. The smallest absolute Gasteiger partial charge is 0.138 e. The molecule has 1 saturated heterocycles. The third-order valence-electron chi connectivity index (χ3n) is 4.75. The van der Waals surface area contributed by atoms with Crippen LogP contribution in [0.2, 0.25) is 10.0 Å². The predicted octanol–water partition coefficient (Wildman–Crippen LogP) is 4.88. The van der Waals surface area contributed by atoms with Crippen molar-refractivity contribution in [2.75, 3.05) is 6.61 Å². The van der Waals surface area contributed by atoms with Gasteiger partial charge in [0.25, 0.3) is 0 Å². The maximum absolute atomic E-state index is 10.2. The molecule has 0 radical (unpaired) electrons. The monoisotopic (exact) mass is 423 g/mol. The maximum Gasteiger partial charge on any atom is 0.138 e. The van der Waals surface area contributed by atoms with Crippen LogP contribution in [0.25, 0.3) is 10.9 Å². The molecular formula is C20H19Cl2NO3S. The Morgan fingerprint density at radius 1 is 1.11 bits per heavy atom. The van der Waals surface area contributed by atoms with E-state index in [-0.39, 0.29) is 12.8 Å². The lowest BCUT2D eigenvalue weighted by molar-refractivity contribution is -0.0452. The summed E-state index contributed by atoms with van der Waals surface area (Å²) >= 11 is 14.1. The minimum absolute atomic E-state index is 0.212. The summed E-state index contributed by atoms with van der Waals surface area (Å²) in [5.41, 5.74) is 2.12. The van der Waals surface area contributed by atoms with Gasteiger partial charge in [0.05, 0.1) is 33.3 Å². The van der Waals surface area contributed by atoms with Crippen molar-refractivity contribution in [1.82, 2.24) is 4.57 Å². The fourth-order valence-corrected chi connectivity index (χ4v) is 4.78. The molecule has 1 aromatic heterocycles. The van der Waals surface area contributed by atoms with Crippen molar-refractivity contribution >= 4 is 45.9 Å². The summed E-state index contributed by atoms with van der Waals surface area (Å²) in [6.45, 7) is -0.212. The van der Waals surface area contributed by atoms with E-state index in [2.05, 4.69) is 18.2 Å². The maximum atomic E-state index is 10.2. The molecule has 1 aliphatic rings. The summed E-state index contributed by atoms with van der Waals surface area (Å²) in [6, 6.07) is 16.0. The van der Waals surface area contributed by atoms with E-state index in [0.29, 0.717) is 16.5 Å². The van der Waals surface area contributed by atoms with E-state index in [4.69, 9.17) is 27.9 Å². The lowest BCUT2D eigenvalue weighted by atomic mass is 10.2. The fourth-order valence-electron chi connectivity index (χ4n) is 3.37. The van der Waals surface area contributed by atoms with Crippen LogP contribution in [0.1, 0.15) is 18.2 Å². The number of fused-ring (bicyclic) bond motifs is 1. The number of aliphatic hydroxyl groups is 2. The Hall–Kier alpha value is -1.21. The number of aromatic nitrogens is 1. The average Bonchev–Trinajstić information content (AvgIpc) is 3.20. The molecule has 1 aliphatic heterocycles. The summed E-state index contributed by atoms with van der Waals surface area (Å²) in [7, 11) is 0. The van der Waals surface area contributed by atoms with Gasteiger partial charge in [-0.15, -0.1) is 11.8 Å². The summed E-state index contributed by atoms with van der Waals surface area (Å²) in [4.78, 5) is 0. The molecule has 4 rings (SSSR count). The third-order valence-corrected chi connectivity index (χ3v) is 6.56. The second-order valence-corrected chi connectivity index (χ2v) is 8.38. The largest absolute Gasteiger partial charge is 0.394 e. The van der Waals surface area contributed by atoms with Crippen molar-refractivity contribution in [3.05, 3.63) is 64.1 Å². The van der Waals surface area contributed by atoms with Crippen LogP contribution in [-0.4, -0.2) is 33.6 Å². The Balaban J connectivity index is 1.73. The molecule has 0 bridgehead atoms. The molecule has 2 N–H and O–H groups in total. The summed E-state index contributed by atoms with van der Waals surface area (Å²) in [5.74, 6) is 0.803. The van der Waals surface area contributed by atoms with Gasteiger partial charge in [0.1, 0.15) is 12.3 Å². The van der Waals surface area contributed by atoms with Crippen molar-refractivity contribution in [1.29, 1.82) is 0 Å². The quantitative estimate of drug-likeness (QED) is 0.574. The molecule has 142 valence electrons. The van der Waals surface area contributed by atoms with E-state index in [1.807, 2.05) is 34.9 Å². The first-order valence-corrected chi connectivity index (χ1v) is 10.4. The van der Waals surface area contributed by atoms with E-state index in [0.717, 1.165) is 21.7 Å². The Bertz CT molecular complexity index is 947. The molecule has 1 fully saturated rings. The van der Waals surface area contributed by atoms with Crippen LogP contribution in [0.3, 0.4) is 0 Å². The number of ether oxygens (including phenoxy) is 1. The zero-order chi connectivity index (χ0) is 19.0. The normalized spacial score (nSPS) is 22.6. The number of nitrogens with zero attached hydrogens (tertiary/aromatic N) is 1. The van der Waals surface area contributed by atoms with Crippen LogP contribution in [0.5, 0.6) is 0 Å². The molecular weight excluding hydrogens is 405 g/mol. The Morgan fingerprint density at radius 2 is 1.85 bits per heavy atom. The number of benzene rings is 2. The lowest BCUT2D eigenvalue weighted by Crippen LogP contribution is -2.24. The SMILES string of the molecule is OC[C@H]1O[C@@H](n2c(SCc3ccccc3)cc3cc(Cl)c(Cl)cc32)C[C@@H]1O. The highest BCUT2D eigenvalue weighted by Crippen LogP contribution is 2.40. The van der Waals surface area contributed by atoms with Crippen LogP contribution in [0.4, 0.5) is 0 Å². The minimum Gasteiger partial charge on any atom is -0.394 e. The van der Waals surface area contributed by atoms with Gasteiger partial charge >= 0.3 is 0 Å². The standard InChI is InChI=1S/C20H19Cl2NO3S/c21-14-6-13-7-20(27-11-12-4-2-1-3-5-12)23(16(13)8-15(14)22)19-9-17(25)18(10-24)26-19/h1-8,17-19,24-25H,9-11H2/t17-,18+,19+/m0/s1. The number of halogens is 2. The van der Waals surface area contributed by atoms with Gasteiger partial charge in [-0.2, -0.15) is 0 Å². The number of rotatable bonds is 5. The topological polar surface area (TPSA) is 54.6 Å². The van der Waals surface area contributed by atoms with E-state index < -0.39 is 12.2 Å². The molecule has 2 heterocycles. The lowest BCUT2D eigenvalue weighted by Gasteiger charge is -2.18. The molecule has 0 amide bonds. The molecule has 0 spiro atoms. The molecule has 0 saturated carbocycles. The van der Waals surface area contributed by atoms with Gasteiger partial charge < -0.3 is 19.5 Å². The summed E-state index contributed by atoms with van der Waals surface area (Å²) in [6.07, 6.45) is -1.24. The number of hydrogen-bond donors (Lipinski definition) is 2. The second kappa shape index (κ2) is 8.03. The van der Waals surface area contributed by atoms with Gasteiger partial charge in [-0.3, -0.25) is 0 Å². The van der Waals surface area contributed by atoms with Crippen molar-refractivity contribution in [3.8, 4) is 0 Å². The zero-order valence-electron chi connectivity index (χ0n) is 14.4. The molecule has 3 atom stereocenters. The molecule has 2 aromatic carbocycles. The zero-order valence-corrected chi connectivity index (χ0v) is 16.7. The molecule has 27 heavy (non-hydrogen) atoms. The highest BCUT2D eigenvalue weighted by Gasteiger charge is 2.36. The molecule has 0 aliphatic carbocycles. The van der Waals surface area contributed by atoms with Crippen LogP contribution in [0.15, 0.2) is 53.6 Å². The van der Waals surface area contributed by atoms with Gasteiger partial charge in [-0.1, -0.05) is 53.5 Å². The molecule has 0 unspecified atom stereocenters. The van der Waals surface area contributed by atoms with Crippen molar-refractivity contribution in [2.45, 2.75) is 35.6 Å². The van der Waals surface area contributed by atoms with E-state index >= 15 is 0 Å². The van der Waals surface area contributed by atoms with E-state index in [9.17, 15) is 10.2 Å². The van der Waals surface area contributed by atoms with E-state index in [1.54, 1.807) is 11.8 Å². The predicted molar refractivity (Wildman–Crippen MR) is 110 cm³/mol. The second-order valence-electron chi connectivity index (χ2n) is 6.57. The van der Waals surface area contributed by atoms with Gasteiger partial charge in [0, 0.05) is 17.6 Å². The van der Waals surface area contributed by atoms with Gasteiger partial charge in [-0.25, -0.2) is 0 Å². The van der Waals surface area contributed by atoms with Gasteiger partial charge in [0.15, 0.2) is 0 Å². The minimum atomic E-state index is -0.702. The third kappa shape index (κ3) is 3.86. The average molecular weight is 424 g/mol. The Labute approximate surface area is 171 Å². The van der Waals surface area contributed by atoms with Gasteiger partial charge in [-0.05, 0) is 23.8 Å². The van der Waals surface area contributed by atoms with Crippen LogP contribution in [0, 0.1) is 0 Å². The van der Waals surface area contributed by atoms with E-state index in [1.165, 1.54) is 5.56 Å². The Kier molecular flexibility index (Phi) is 5.69. The number of aliphatic hydroxyl groups excluding tert-OH is 2. The van der Waals surface area contributed by atoms with Crippen LogP contribution in [-0.2, 0) is 10.5 Å². The van der Waals surface area contributed by atoms with Crippen molar-refractivity contribution in [2.24, 2.45) is 0 Å². The van der Waals surface area contributed by atoms with Gasteiger partial charge in [0.2, 0.25) is 0 Å².